The lowest BCUT2D eigenvalue weighted by Gasteiger charge is -2.03. The molecule has 1 amide bonds. The largest absolute Gasteiger partial charge is 0.446 e. The molecule has 1 atom stereocenters. The van der Waals surface area contributed by atoms with E-state index in [1.54, 1.807) is 7.11 Å². The normalized spacial score (nSPS) is 19.1. The van der Waals surface area contributed by atoms with Crippen molar-refractivity contribution < 1.29 is 13.9 Å². The molecule has 1 aliphatic heterocycles. The van der Waals surface area contributed by atoms with E-state index in [2.05, 4.69) is 15.6 Å². The predicted octanol–water partition coefficient (Wildman–Crippen LogP) is 0.865. The Balaban J connectivity index is 1.83. The van der Waals surface area contributed by atoms with Crippen LogP contribution in [0.5, 0.6) is 0 Å². The molecule has 0 aromatic carbocycles. The molecule has 0 spiro atoms. The van der Waals surface area contributed by atoms with E-state index in [4.69, 9.17) is 9.15 Å². The Bertz CT molecular complexity index is 386. The Labute approximate surface area is 106 Å². The van der Waals surface area contributed by atoms with Crippen LogP contribution in [0.4, 0.5) is 0 Å². The van der Waals surface area contributed by atoms with Gasteiger partial charge in [0, 0.05) is 20.3 Å². The van der Waals surface area contributed by atoms with E-state index in [0.29, 0.717) is 24.7 Å². The van der Waals surface area contributed by atoms with Gasteiger partial charge in [0.15, 0.2) is 5.69 Å². The molecule has 1 aromatic heterocycles. The SMILES string of the molecule is COCCCNC(=O)c1coc(C2CCCN2)n1. The van der Waals surface area contributed by atoms with E-state index in [0.717, 1.165) is 25.8 Å². The van der Waals surface area contributed by atoms with Crippen LogP contribution in [0.15, 0.2) is 10.7 Å². The maximum Gasteiger partial charge on any atom is 0.273 e. The van der Waals surface area contributed by atoms with Crippen molar-refractivity contribution in [3.05, 3.63) is 17.8 Å². The zero-order valence-electron chi connectivity index (χ0n) is 10.6. The van der Waals surface area contributed by atoms with Crippen LogP contribution in [0.3, 0.4) is 0 Å². The van der Waals surface area contributed by atoms with Crippen LogP contribution in [0.25, 0.3) is 0 Å². The fourth-order valence-corrected chi connectivity index (χ4v) is 1.96. The number of methoxy groups -OCH3 is 1. The Morgan fingerprint density at radius 2 is 2.61 bits per heavy atom. The zero-order valence-corrected chi connectivity index (χ0v) is 10.6. The number of nitrogens with one attached hydrogen (secondary N) is 2. The second-order valence-electron chi connectivity index (χ2n) is 4.32. The molecule has 1 fully saturated rings. The summed E-state index contributed by atoms with van der Waals surface area (Å²) in [4.78, 5) is 16.0. The van der Waals surface area contributed by atoms with E-state index in [9.17, 15) is 4.79 Å². The van der Waals surface area contributed by atoms with Crippen LogP contribution in [-0.2, 0) is 4.74 Å². The first kappa shape index (κ1) is 13.0. The van der Waals surface area contributed by atoms with Crippen LogP contribution in [0.1, 0.15) is 41.7 Å². The van der Waals surface area contributed by atoms with Crippen LogP contribution in [-0.4, -0.2) is 37.7 Å². The standard InChI is InChI=1S/C12H19N3O3/c1-17-7-3-6-14-11(16)10-8-18-12(15-10)9-4-2-5-13-9/h8-9,13H,2-7H2,1H3,(H,14,16). The van der Waals surface area contributed by atoms with Crippen molar-refractivity contribution in [1.82, 2.24) is 15.6 Å². The third-order valence-corrected chi connectivity index (χ3v) is 2.92. The summed E-state index contributed by atoms with van der Waals surface area (Å²) in [6, 6.07) is 0.153. The lowest BCUT2D eigenvalue weighted by Crippen LogP contribution is -2.25. The topological polar surface area (TPSA) is 76.4 Å². The Kier molecular flexibility index (Phi) is 4.72. The number of nitrogens with zero attached hydrogens (tertiary/aromatic N) is 1. The summed E-state index contributed by atoms with van der Waals surface area (Å²) in [5.74, 6) is 0.411. The maximum absolute atomic E-state index is 11.7. The summed E-state index contributed by atoms with van der Waals surface area (Å²) in [7, 11) is 1.64. The van der Waals surface area contributed by atoms with E-state index in [1.165, 1.54) is 6.26 Å². The number of hydrogen-bond donors (Lipinski definition) is 2. The van der Waals surface area contributed by atoms with Gasteiger partial charge in [-0.2, -0.15) is 0 Å². The fourth-order valence-electron chi connectivity index (χ4n) is 1.96. The average molecular weight is 253 g/mol. The summed E-state index contributed by atoms with van der Waals surface area (Å²) in [6.07, 6.45) is 4.33. The van der Waals surface area contributed by atoms with Gasteiger partial charge in [-0.05, 0) is 25.8 Å². The Morgan fingerprint density at radius 1 is 1.72 bits per heavy atom. The van der Waals surface area contributed by atoms with Gasteiger partial charge in [-0.3, -0.25) is 4.79 Å². The molecule has 6 nitrogen and oxygen atoms in total. The molecule has 2 rings (SSSR count). The minimum Gasteiger partial charge on any atom is -0.446 e. The highest BCUT2D eigenvalue weighted by Crippen LogP contribution is 2.21. The number of carbonyl (C=O) groups is 1. The van der Waals surface area contributed by atoms with Crippen molar-refractivity contribution >= 4 is 5.91 Å². The van der Waals surface area contributed by atoms with Crippen molar-refractivity contribution in [3.8, 4) is 0 Å². The highest BCUT2D eigenvalue weighted by Gasteiger charge is 2.22. The van der Waals surface area contributed by atoms with E-state index >= 15 is 0 Å². The van der Waals surface area contributed by atoms with E-state index in [-0.39, 0.29) is 11.9 Å². The van der Waals surface area contributed by atoms with E-state index in [1.807, 2.05) is 0 Å². The molecule has 1 saturated heterocycles. The number of carbonyl (C=O) groups excluding carboxylic acids is 1. The third-order valence-electron chi connectivity index (χ3n) is 2.92. The Morgan fingerprint density at radius 3 is 3.33 bits per heavy atom. The van der Waals surface area contributed by atoms with Gasteiger partial charge < -0.3 is 19.8 Å². The molecular formula is C12H19N3O3. The van der Waals surface area contributed by atoms with Gasteiger partial charge in [0.25, 0.3) is 5.91 Å². The quantitative estimate of drug-likeness (QED) is 0.735. The van der Waals surface area contributed by atoms with Crippen molar-refractivity contribution in [3.63, 3.8) is 0 Å². The maximum atomic E-state index is 11.7. The number of amides is 1. The molecule has 0 saturated carbocycles. The van der Waals surface area contributed by atoms with Gasteiger partial charge in [0.05, 0.1) is 6.04 Å². The highest BCUT2D eigenvalue weighted by atomic mass is 16.5. The van der Waals surface area contributed by atoms with Crippen LogP contribution < -0.4 is 10.6 Å². The van der Waals surface area contributed by atoms with Gasteiger partial charge >= 0.3 is 0 Å². The monoisotopic (exact) mass is 253 g/mol. The highest BCUT2D eigenvalue weighted by molar-refractivity contribution is 5.91. The van der Waals surface area contributed by atoms with Crippen molar-refractivity contribution in [2.75, 3.05) is 26.8 Å². The molecule has 1 aliphatic rings. The first-order valence-electron chi connectivity index (χ1n) is 6.27. The first-order chi connectivity index (χ1) is 8.81. The molecule has 100 valence electrons. The number of rotatable bonds is 6. The summed E-state index contributed by atoms with van der Waals surface area (Å²) in [6.45, 7) is 2.19. The van der Waals surface area contributed by atoms with Gasteiger partial charge in [0.2, 0.25) is 5.89 Å². The number of oxazole rings is 1. The lowest BCUT2D eigenvalue weighted by atomic mass is 10.2. The summed E-state index contributed by atoms with van der Waals surface area (Å²) < 4.78 is 10.2. The molecular weight excluding hydrogens is 234 g/mol. The minimum atomic E-state index is -0.195. The molecule has 2 heterocycles. The second-order valence-corrected chi connectivity index (χ2v) is 4.32. The number of aromatic nitrogens is 1. The van der Waals surface area contributed by atoms with Gasteiger partial charge in [-0.25, -0.2) is 4.98 Å². The molecule has 0 radical (unpaired) electrons. The molecule has 2 N–H and O–H groups in total. The lowest BCUT2D eigenvalue weighted by molar-refractivity contribution is 0.0943. The molecule has 1 unspecified atom stereocenters. The summed E-state index contributed by atoms with van der Waals surface area (Å²) in [5.41, 5.74) is 0.344. The van der Waals surface area contributed by atoms with Crippen molar-refractivity contribution in [2.24, 2.45) is 0 Å². The smallest absolute Gasteiger partial charge is 0.273 e. The summed E-state index contributed by atoms with van der Waals surface area (Å²) >= 11 is 0. The van der Waals surface area contributed by atoms with Crippen LogP contribution in [0.2, 0.25) is 0 Å². The Hall–Kier alpha value is -1.40. The fraction of sp³-hybridized carbons (Fsp3) is 0.667. The van der Waals surface area contributed by atoms with Gasteiger partial charge in [-0.1, -0.05) is 0 Å². The molecule has 1 aromatic rings. The van der Waals surface area contributed by atoms with Crippen molar-refractivity contribution in [2.45, 2.75) is 25.3 Å². The molecule has 18 heavy (non-hydrogen) atoms. The van der Waals surface area contributed by atoms with Gasteiger partial charge in [-0.15, -0.1) is 0 Å². The zero-order chi connectivity index (χ0) is 12.8. The molecule has 6 heteroatoms. The number of hydrogen-bond acceptors (Lipinski definition) is 5. The average Bonchev–Trinajstić information content (AvgIpc) is 3.03. The second kappa shape index (κ2) is 6.51. The predicted molar refractivity (Wildman–Crippen MR) is 65.3 cm³/mol. The summed E-state index contributed by atoms with van der Waals surface area (Å²) in [5, 5.41) is 6.06. The number of ether oxygens (including phenoxy) is 1. The third kappa shape index (κ3) is 3.30. The van der Waals surface area contributed by atoms with Crippen LogP contribution >= 0.6 is 0 Å². The van der Waals surface area contributed by atoms with Crippen molar-refractivity contribution in [1.29, 1.82) is 0 Å². The van der Waals surface area contributed by atoms with Crippen LogP contribution in [0, 0.1) is 0 Å². The van der Waals surface area contributed by atoms with E-state index < -0.39 is 0 Å². The molecule has 0 aliphatic carbocycles. The minimum absolute atomic E-state index is 0.153. The molecule has 0 bridgehead atoms. The van der Waals surface area contributed by atoms with Gasteiger partial charge in [0.1, 0.15) is 6.26 Å². The first-order valence-corrected chi connectivity index (χ1v) is 6.27.